The lowest BCUT2D eigenvalue weighted by Crippen LogP contribution is -2.07. The molecule has 1 aromatic rings. The van der Waals surface area contributed by atoms with Crippen molar-refractivity contribution in [1.29, 1.82) is 0 Å². The van der Waals surface area contributed by atoms with Crippen molar-refractivity contribution < 1.29 is 21.6 Å². The predicted octanol–water partition coefficient (Wildman–Crippen LogP) is 1.67. The van der Waals surface area contributed by atoms with Gasteiger partial charge in [-0.3, -0.25) is 0 Å². The van der Waals surface area contributed by atoms with Gasteiger partial charge in [0.1, 0.15) is 5.82 Å². The van der Waals surface area contributed by atoms with Crippen molar-refractivity contribution in [2.75, 3.05) is 5.73 Å². The van der Waals surface area contributed by atoms with Crippen LogP contribution in [-0.2, 0) is 9.05 Å². The first-order chi connectivity index (χ1) is 6.73. The zero-order valence-electron chi connectivity index (χ0n) is 6.92. The van der Waals surface area contributed by atoms with Crippen LogP contribution in [0.3, 0.4) is 0 Å². The average Bonchev–Trinajstić information content (AvgIpc) is 1.99. The lowest BCUT2D eigenvalue weighted by Gasteiger charge is -2.07. The fraction of sp³-hybridized carbons (Fsp3) is 0.167. The van der Waals surface area contributed by atoms with Gasteiger partial charge in [-0.1, -0.05) is 0 Å². The van der Waals surface area contributed by atoms with E-state index in [4.69, 9.17) is 16.4 Å². The van der Waals surface area contributed by atoms with Gasteiger partial charge in [0.15, 0.2) is 0 Å². The molecule has 0 aliphatic carbocycles. The third-order valence-corrected chi connectivity index (χ3v) is 2.86. The first-order valence-electron chi connectivity index (χ1n) is 3.42. The normalized spacial score (nSPS) is 12.1. The van der Waals surface area contributed by atoms with Crippen molar-refractivity contribution in [3.05, 3.63) is 17.6 Å². The molecule has 0 spiro atoms. The molecule has 9 heteroatoms. The number of nitrogens with zero attached hydrogens (tertiary/aromatic N) is 1. The predicted molar refractivity (Wildman–Crippen MR) is 46.6 cm³/mol. The summed E-state index contributed by atoms with van der Waals surface area (Å²) in [6.07, 6.45) is -3.21. The van der Waals surface area contributed by atoms with E-state index in [-0.39, 0.29) is 0 Å². The van der Waals surface area contributed by atoms with Gasteiger partial charge in [0.05, 0.1) is 10.5 Å². The minimum Gasteiger partial charge on any atom is -0.383 e. The van der Waals surface area contributed by atoms with E-state index in [2.05, 4.69) is 4.98 Å². The summed E-state index contributed by atoms with van der Waals surface area (Å²) in [6, 6.07) is 0.292. The molecule has 0 atom stereocenters. The Hall–Kier alpha value is -1.02. The standard InChI is InChI=1S/C6H4ClF3N2O2S/c7-15(13,14)2-1-3(8)12-6(11)4(2)5(9)10/h1,5H,(H2,11,12). The van der Waals surface area contributed by atoms with Gasteiger partial charge in [-0.05, 0) is 0 Å². The third kappa shape index (κ3) is 2.51. The van der Waals surface area contributed by atoms with Gasteiger partial charge >= 0.3 is 0 Å². The van der Waals surface area contributed by atoms with Gasteiger partial charge < -0.3 is 5.73 Å². The highest BCUT2D eigenvalue weighted by atomic mass is 35.7. The summed E-state index contributed by atoms with van der Waals surface area (Å²) < 4.78 is 59.1. The van der Waals surface area contributed by atoms with Crippen LogP contribution >= 0.6 is 10.7 Å². The largest absolute Gasteiger partial charge is 0.383 e. The summed E-state index contributed by atoms with van der Waals surface area (Å²) in [6.45, 7) is 0. The van der Waals surface area contributed by atoms with Crippen LogP contribution in [0, 0.1) is 5.95 Å². The molecule has 15 heavy (non-hydrogen) atoms. The highest BCUT2D eigenvalue weighted by Crippen LogP contribution is 2.32. The summed E-state index contributed by atoms with van der Waals surface area (Å²) in [5.74, 6) is -2.19. The fourth-order valence-corrected chi connectivity index (χ4v) is 2.02. The Labute approximate surface area is 87.3 Å². The number of rotatable bonds is 2. The molecule has 0 aliphatic heterocycles. The van der Waals surface area contributed by atoms with E-state index < -0.39 is 37.7 Å². The van der Waals surface area contributed by atoms with Crippen LogP contribution < -0.4 is 5.73 Å². The van der Waals surface area contributed by atoms with Crippen LogP contribution in [-0.4, -0.2) is 13.4 Å². The van der Waals surface area contributed by atoms with Crippen LogP contribution in [0.2, 0.25) is 0 Å². The van der Waals surface area contributed by atoms with Crippen molar-refractivity contribution in [3.8, 4) is 0 Å². The minimum absolute atomic E-state index is 0.292. The fourth-order valence-electron chi connectivity index (χ4n) is 0.941. The number of nitrogen functional groups attached to an aromatic ring is 1. The summed E-state index contributed by atoms with van der Waals surface area (Å²) in [5, 5.41) is 0. The van der Waals surface area contributed by atoms with Crippen LogP contribution in [0.15, 0.2) is 11.0 Å². The maximum Gasteiger partial charge on any atom is 0.268 e. The van der Waals surface area contributed by atoms with Crippen molar-refractivity contribution in [3.63, 3.8) is 0 Å². The van der Waals surface area contributed by atoms with E-state index in [9.17, 15) is 21.6 Å². The molecular weight excluding hydrogens is 257 g/mol. The molecule has 0 radical (unpaired) electrons. The number of halogens is 4. The van der Waals surface area contributed by atoms with Gasteiger partial charge in [-0.2, -0.15) is 4.39 Å². The Morgan fingerprint density at radius 1 is 1.47 bits per heavy atom. The first-order valence-corrected chi connectivity index (χ1v) is 5.73. The molecule has 0 fully saturated rings. The molecule has 2 N–H and O–H groups in total. The summed E-state index contributed by atoms with van der Waals surface area (Å²) >= 11 is 0. The van der Waals surface area contributed by atoms with Gasteiger partial charge in [-0.25, -0.2) is 22.2 Å². The van der Waals surface area contributed by atoms with E-state index in [0.717, 1.165) is 0 Å². The van der Waals surface area contributed by atoms with Crippen molar-refractivity contribution in [2.45, 2.75) is 11.3 Å². The second-order valence-corrected chi connectivity index (χ2v) is 5.01. The Balaban J connectivity index is 3.62. The van der Waals surface area contributed by atoms with Crippen LogP contribution in [0.5, 0.6) is 0 Å². The van der Waals surface area contributed by atoms with E-state index in [1.807, 2.05) is 0 Å². The number of anilines is 1. The summed E-state index contributed by atoms with van der Waals surface area (Å²) in [4.78, 5) is 1.81. The molecule has 0 aliphatic rings. The molecule has 0 aromatic carbocycles. The Morgan fingerprint density at radius 3 is 2.40 bits per heavy atom. The van der Waals surface area contributed by atoms with Crippen molar-refractivity contribution in [1.82, 2.24) is 4.98 Å². The lowest BCUT2D eigenvalue weighted by atomic mass is 10.2. The molecule has 0 amide bonds. The molecule has 1 aromatic heterocycles. The molecule has 0 saturated heterocycles. The zero-order valence-corrected chi connectivity index (χ0v) is 8.49. The van der Waals surface area contributed by atoms with Crippen molar-refractivity contribution >= 4 is 25.6 Å². The molecule has 1 rings (SSSR count). The van der Waals surface area contributed by atoms with Gasteiger partial charge in [0, 0.05) is 16.7 Å². The Bertz CT molecular complexity index is 491. The van der Waals surface area contributed by atoms with E-state index in [1.165, 1.54) is 0 Å². The third-order valence-electron chi connectivity index (χ3n) is 1.50. The number of alkyl halides is 2. The minimum atomic E-state index is -4.49. The number of aromatic nitrogens is 1. The van der Waals surface area contributed by atoms with E-state index in [0.29, 0.717) is 6.07 Å². The maximum absolute atomic E-state index is 12.6. The van der Waals surface area contributed by atoms with Crippen molar-refractivity contribution in [2.24, 2.45) is 0 Å². The number of pyridine rings is 1. The van der Waals surface area contributed by atoms with E-state index in [1.54, 1.807) is 0 Å². The SMILES string of the molecule is Nc1nc(F)cc(S(=O)(=O)Cl)c1C(F)F. The Kier molecular flexibility index (Phi) is 3.10. The van der Waals surface area contributed by atoms with Gasteiger partial charge in [0.25, 0.3) is 15.5 Å². The van der Waals surface area contributed by atoms with Gasteiger partial charge in [-0.15, -0.1) is 0 Å². The van der Waals surface area contributed by atoms with Gasteiger partial charge in [0.2, 0.25) is 5.95 Å². The summed E-state index contributed by atoms with van der Waals surface area (Å²) in [5.41, 5.74) is 3.87. The highest BCUT2D eigenvalue weighted by Gasteiger charge is 2.26. The molecule has 1 heterocycles. The zero-order chi connectivity index (χ0) is 11.8. The monoisotopic (exact) mass is 260 g/mol. The molecule has 84 valence electrons. The first kappa shape index (κ1) is 12.1. The Morgan fingerprint density at radius 2 is 2.00 bits per heavy atom. The smallest absolute Gasteiger partial charge is 0.268 e. The molecule has 0 saturated carbocycles. The summed E-state index contributed by atoms with van der Waals surface area (Å²) in [7, 11) is 0.349. The topological polar surface area (TPSA) is 73.0 Å². The quantitative estimate of drug-likeness (QED) is 0.648. The van der Waals surface area contributed by atoms with Crippen LogP contribution in [0.4, 0.5) is 19.0 Å². The number of hydrogen-bond donors (Lipinski definition) is 1. The van der Waals surface area contributed by atoms with Crippen LogP contribution in [0.1, 0.15) is 12.0 Å². The van der Waals surface area contributed by atoms with E-state index >= 15 is 0 Å². The molecular formula is C6H4ClF3N2O2S. The molecule has 0 bridgehead atoms. The van der Waals surface area contributed by atoms with Crippen LogP contribution in [0.25, 0.3) is 0 Å². The lowest BCUT2D eigenvalue weighted by molar-refractivity contribution is 0.148. The maximum atomic E-state index is 12.6. The highest BCUT2D eigenvalue weighted by molar-refractivity contribution is 8.13. The second-order valence-electron chi connectivity index (χ2n) is 2.48. The molecule has 4 nitrogen and oxygen atoms in total. The number of nitrogens with two attached hydrogens (primary N) is 1. The average molecular weight is 261 g/mol. The second kappa shape index (κ2) is 3.86. The molecule has 0 unspecified atom stereocenters. The number of hydrogen-bond acceptors (Lipinski definition) is 4.